The molecule has 3 aromatic carbocycles. The van der Waals surface area contributed by atoms with E-state index >= 15 is 0 Å². The first-order valence-corrected chi connectivity index (χ1v) is 11.5. The number of nitrogens with zero attached hydrogens (tertiary/aromatic N) is 2. The van der Waals surface area contributed by atoms with Gasteiger partial charge >= 0.3 is 0 Å². The molecule has 1 aliphatic carbocycles. The van der Waals surface area contributed by atoms with Gasteiger partial charge in [-0.05, 0) is 59.2 Å². The third kappa shape index (κ3) is 3.76. The van der Waals surface area contributed by atoms with Crippen molar-refractivity contribution >= 4 is 44.9 Å². The van der Waals surface area contributed by atoms with E-state index in [0.717, 1.165) is 35.8 Å². The van der Waals surface area contributed by atoms with Crippen molar-refractivity contribution in [3.05, 3.63) is 96.2 Å². The van der Waals surface area contributed by atoms with Crippen molar-refractivity contribution in [1.29, 1.82) is 0 Å². The molecule has 2 unspecified atom stereocenters. The van der Waals surface area contributed by atoms with Crippen LogP contribution in [0, 0.1) is 0 Å². The third-order valence-electron chi connectivity index (χ3n) is 5.76. The number of hydrogen-bond acceptors (Lipinski definition) is 2. The molecule has 0 radical (unpaired) electrons. The van der Waals surface area contributed by atoms with Gasteiger partial charge in [0.2, 0.25) is 0 Å². The van der Waals surface area contributed by atoms with Crippen LogP contribution in [0.3, 0.4) is 0 Å². The molecule has 0 spiro atoms. The number of halogens is 1. The maximum atomic E-state index is 5.35. The Hall–Kier alpha value is -2.60. The maximum absolute atomic E-state index is 5.35. The van der Waals surface area contributed by atoms with E-state index in [0.29, 0.717) is 3.92 Å². The molecule has 1 aliphatic heterocycles. The molecule has 0 aromatic heterocycles. The van der Waals surface area contributed by atoms with Crippen LogP contribution in [-0.2, 0) is 0 Å². The van der Waals surface area contributed by atoms with Crippen LogP contribution in [0.5, 0.6) is 5.75 Å². The van der Waals surface area contributed by atoms with E-state index in [4.69, 9.17) is 9.73 Å². The molecule has 5 rings (SSSR count). The molecule has 3 aromatic rings. The second-order valence-corrected chi connectivity index (χ2v) is 9.26. The zero-order valence-corrected chi connectivity index (χ0v) is 19.0. The lowest BCUT2D eigenvalue weighted by Gasteiger charge is -2.44. The Morgan fingerprint density at radius 2 is 1.80 bits per heavy atom. The van der Waals surface area contributed by atoms with E-state index in [1.807, 2.05) is 12.1 Å². The van der Waals surface area contributed by atoms with Crippen LogP contribution in [0.25, 0.3) is 10.8 Å². The summed E-state index contributed by atoms with van der Waals surface area (Å²) in [6.45, 7) is 0. The van der Waals surface area contributed by atoms with Crippen LogP contribution < -0.4 is 9.64 Å². The van der Waals surface area contributed by atoms with Gasteiger partial charge in [0.25, 0.3) is 0 Å². The second kappa shape index (κ2) is 8.26. The lowest BCUT2D eigenvalue weighted by Crippen LogP contribution is -2.47. The average Bonchev–Trinajstić information content (AvgIpc) is 2.78. The Morgan fingerprint density at radius 1 is 1.00 bits per heavy atom. The Labute approximate surface area is 190 Å². The van der Waals surface area contributed by atoms with Crippen molar-refractivity contribution in [3.8, 4) is 5.75 Å². The first kappa shape index (κ1) is 19.4. The van der Waals surface area contributed by atoms with Crippen molar-refractivity contribution in [2.24, 2.45) is 4.99 Å². The Balaban J connectivity index is 1.50. The summed E-state index contributed by atoms with van der Waals surface area (Å²) < 4.78 is 5.92. The number of benzene rings is 3. The highest BCUT2D eigenvalue weighted by atomic mass is 127. The van der Waals surface area contributed by atoms with Crippen LogP contribution in [0.15, 0.2) is 95.6 Å². The lowest BCUT2D eigenvalue weighted by atomic mass is 9.90. The van der Waals surface area contributed by atoms with Crippen LogP contribution in [0.2, 0.25) is 0 Å². The first-order valence-electron chi connectivity index (χ1n) is 10.2. The summed E-state index contributed by atoms with van der Waals surface area (Å²) in [5.41, 5.74) is 3.53. The predicted molar refractivity (Wildman–Crippen MR) is 134 cm³/mol. The standard InChI is InChI=1S/C26H23IN2O/c1-30-24-14-12-23(13-15-24)29-25(17-26(29)28-22-10-8-21(27)9-11-22)20-7-6-18-4-2-3-5-19(18)16-20/h2-8,10-16,21,25H,9,17H2,1H3/b28-26+. The molecule has 1 fully saturated rings. The summed E-state index contributed by atoms with van der Waals surface area (Å²) in [7, 11) is 1.70. The van der Waals surface area contributed by atoms with E-state index in [2.05, 4.69) is 100 Å². The summed E-state index contributed by atoms with van der Waals surface area (Å²) in [6.07, 6.45) is 8.59. The van der Waals surface area contributed by atoms with Gasteiger partial charge < -0.3 is 9.64 Å². The molecule has 150 valence electrons. The summed E-state index contributed by atoms with van der Waals surface area (Å²) >= 11 is 2.46. The van der Waals surface area contributed by atoms with E-state index in [1.54, 1.807) is 7.11 Å². The second-order valence-electron chi connectivity index (χ2n) is 7.66. The van der Waals surface area contributed by atoms with Gasteiger partial charge in [-0.25, -0.2) is 4.99 Å². The van der Waals surface area contributed by atoms with Crippen molar-refractivity contribution in [1.82, 2.24) is 0 Å². The number of hydrogen-bond donors (Lipinski definition) is 0. The minimum absolute atomic E-state index is 0.284. The van der Waals surface area contributed by atoms with Gasteiger partial charge in [-0.3, -0.25) is 0 Å². The molecule has 0 N–H and O–H groups in total. The Morgan fingerprint density at radius 3 is 2.53 bits per heavy atom. The van der Waals surface area contributed by atoms with Crippen molar-refractivity contribution < 1.29 is 4.74 Å². The van der Waals surface area contributed by atoms with Gasteiger partial charge in [0.05, 0.1) is 18.8 Å². The van der Waals surface area contributed by atoms with Crippen molar-refractivity contribution in [3.63, 3.8) is 0 Å². The quantitative estimate of drug-likeness (QED) is 0.286. The number of anilines is 1. The van der Waals surface area contributed by atoms with E-state index < -0.39 is 0 Å². The van der Waals surface area contributed by atoms with E-state index in [-0.39, 0.29) is 6.04 Å². The molecule has 4 heteroatoms. The monoisotopic (exact) mass is 506 g/mol. The first-order chi connectivity index (χ1) is 14.7. The summed E-state index contributed by atoms with van der Waals surface area (Å²) in [5, 5.41) is 2.55. The minimum Gasteiger partial charge on any atom is -0.497 e. The van der Waals surface area contributed by atoms with Crippen LogP contribution in [-0.4, -0.2) is 16.9 Å². The van der Waals surface area contributed by atoms with Gasteiger partial charge in [-0.2, -0.15) is 0 Å². The van der Waals surface area contributed by atoms with Crippen molar-refractivity contribution in [2.45, 2.75) is 22.8 Å². The van der Waals surface area contributed by atoms with Crippen LogP contribution >= 0.6 is 22.6 Å². The Kier molecular flexibility index (Phi) is 5.34. The highest BCUT2D eigenvalue weighted by Gasteiger charge is 2.36. The maximum Gasteiger partial charge on any atom is 0.119 e. The largest absolute Gasteiger partial charge is 0.497 e. The van der Waals surface area contributed by atoms with Crippen molar-refractivity contribution in [2.75, 3.05) is 12.0 Å². The SMILES string of the molecule is COc1ccc(N2/C(=N/C3=CCC(I)C=C3)CC2c2ccc3ccccc3c2)cc1. The zero-order valence-electron chi connectivity index (χ0n) is 16.8. The normalized spacial score (nSPS) is 22.1. The topological polar surface area (TPSA) is 24.8 Å². The molecule has 1 heterocycles. The fourth-order valence-electron chi connectivity index (χ4n) is 4.10. The summed E-state index contributed by atoms with van der Waals surface area (Å²) in [4.78, 5) is 7.35. The number of fused-ring (bicyclic) bond motifs is 1. The number of alkyl halides is 1. The number of allylic oxidation sites excluding steroid dienone is 3. The zero-order chi connectivity index (χ0) is 20.5. The minimum atomic E-state index is 0.284. The summed E-state index contributed by atoms with van der Waals surface area (Å²) in [5.74, 6) is 1.98. The Bertz CT molecular complexity index is 1160. The molecule has 0 bridgehead atoms. The van der Waals surface area contributed by atoms with Gasteiger partial charge in [-0.1, -0.05) is 71.1 Å². The smallest absolute Gasteiger partial charge is 0.119 e. The van der Waals surface area contributed by atoms with E-state index in [1.165, 1.54) is 16.3 Å². The molecule has 2 aliphatic rings. The molecule has 30 heavy (non-hydrogen) atoms. The van der Waals surface area contributed by atoms with E-state index in [9.17, 15) is 0 Å². The fraction of sp³-hybridized carbons (Fsp3) is 0.192. The third-order valence-corrected chi connectivity index (χ3v) is 6.68. The predicted octanol–water partition coefficient (Wildman–Crippen LogP) is 6.85. The highest BCUT2D eigenvalue weighted by molar-refractivity contribution is 14.1. The highest BCUT2D eigenvalue weighted by Crippen LogP contribution is 2.41. The molecule has 0 amide bonds. The fourth-order valence-corrected chi connectivity index (χ4v) is 4.56. The summed E-state index contributed by atoms with van der Waals surface area (Å²) in [6, 6.07) is 23.9. The van der Waals surface area contributed by atoms with Gasteiger partial charge in [-0.15, -0.1) is 0 Å². The van der Waals surface area contributed by atoms with Gasteiger partial charge in [0.1, 0.15) is 11.6 Å². The molecule has 0 saturated carbocycles. The number of methoxy groups -OCH3 is 1. The average molecular weight is 506 g/mol. The van der Waals surface area contributed by atoms with Crippen LogP contribution in [0.1, 0.15) is 24.4 Å². The molecule has 3 nitrogen and oxygen atoms in total. The number of aliphatic imine (C=N–C) groups is 1. The number of amidine groups is 1. The lowest BCUT2D eigenvalue weighted by molar-refractivity contribution is 0.415. The molecule has 1 saturated heterocycles. The van der Waals surface area contributed by atoms with Gasteiger partial charge in [0.15, 0.2) is 0 Å². The van der Waals surface area contributed by atoms with Crippen LogP contribution in [0.4, 0.5) is 5.69 Å². The molecular formula is C26H23IN2O. The number of ether oxygens (including phenoxy) is 1. The molecular weight excluding hydrogens is 483 g/mol. The van der Waals surface area contributed by atoms with Gasteiger partial charge in [0, 0.05) is 16.0 Å². The molecule has 2 atom stereocenters. The number of rotatable bonds is 4.